The van der Waals surface area contributed by atoms with Crippen LogP contribution in [0.5, 0.6) is 0 Å². The molecule has 2 atom stereocenters. The van der Waals surface area contributed by atoms with Gasteiger partial charge in [0.05, 0.1) is 16.0 Å². The predicted molar refractivity (Wildman–Crippen MR) is 75.0 cm³/mol. The van der Waals surface area contributed by atoms with Crippen LogP contribution in [0.2, 0.25) is 0 Å². The second-order valence-corrected chi connectivity index (χ2v) is 6.73. The summed E-state index contributed by atoms with van der Waals surface area (Å²) >= 11 is 5.16. The fourth-order valence-electron chi connectivity index (χ4n) is 1.75. The highest BCUT2D eigenvalue weighted by Crippen LogP contribution is 2.24. The third-order valence-electron chi connectivity index (χ3n) is 2.64. The van der Waals surface area contributed by atoms with Gasteiger partial charge in [0, 0.05) is 6.04 Å². The largest absolute Gasteiger partial charge is 0.306 e. The monoisotopic (exact) mass is 304 g/mol. The molecule has 0 aromatic carbocycles. The van der Waals surface area contributed by atoms with E-state index in [4.69, 9.17) is 0 Å². The van der Waals surface area contributed by atoms with Crippen LogP contribution in [0.25, 0.3) is 0 Å². The molecule has 0 saturated heterocycles. The van der Waals surface area contributed by atoms with Crippen molar-refractivity contribution >= 4 is 27.3 Å². The molecular weight excluding hydrogens is 284 g/mol. The lowest BCUT2D eigenvalue weighted by molar-refractivity contribution is 0.439. The number of halogens is 1. The maximum atomic E-state index is 4.37. The average Bonchev–Trinajstić information content (AvgIpc) is 2.65. The van der Waals surface area contributed by atoms with E-state index in [1.165, 1.54) is 25.7 Å². The summed E-state index contributed by atoms with van der Waals surface area (Å²) < 4.78 is 1.11. The van der Waals surface area contributed by atoms with Gasteiger partial charge in [-0.1, -0.05) is 26.2 Å². The molecule has 0 aliphatic rings. The molecule has 1 rings (SSSR count). The Morgan fingerprint density at radius 3 is 2.75 bits per heavy atom. The third kappa shape index (κ3) is 4.93. The Hall–Kier alpha value is 0.0700. The highest BCUT2D eigenvalue weighted by molar-refractivity contribution is 9.11. The first-order valence-electron chi connectivity index (χ1n) is 6.00. The minimum atomic E-state index is 0.355. The van der Waals surface area contributed by atoms with Gasteiger partial charge < -0.3 is 5.32 Å². The molecule has 0 fully saturated rings. The van der Waals surface area contributed by atoms with Gasteiger partial charge in [0.2, 0.25) is 0 Å². The number of rotatable bonds is 7. The fraction of sp³-hybridized carbons (Fsp3) is 0.750. The fourth-order valence-corrected chi connectivity index (χ4v) is 3.00. The van der Waals surface area contributed by atoms with Gasteiger partial charge in [-0.3, -0.25) is 0 Å². The van der Waals surface area contributed by atoms with Crippen LogP contribution in [0.15, 0.2) is 9.98 Å². The molecule has 2 nitrogen and oxygen atoms in total. The van der Waals surface area contributed by atoms with Crippen molar-refractivity contribution in [3.05, 3.63) is 15.0 Å². The number of unbranched alkanes of at least 4 members (excludes halogenated alkanes) is 2. The third-order valence-corrected chi connectivity index (χ3v) is 4.30. The molecule has 0 radical (unpaired) electrons. The number of hydrogen-bond donors (Lipinski definition) is 1. The van der Waals surface area contributed by atoms with Gasteiger partial charge in [-0.2, -0.15) is 0 Å². The average molecular weight is 305 g/mol. The lowest BCUT2D eigenvalue weighted by Crippen LogP contribution is -2.28. The van der Waals surface area contributed by atoms with E-state index in [9.17, 15) is 0 Å². The first-order chi connectivity index (χ1) is 7.63. The Kier molecular flexibility index (Phi) is 6.54. The van der Waals surface area contributed by atoms with Gasteiger partial charge >= 0.3 is 0 Å². The summed E-state index contributed by atoms with van der Waals surface area (Å²) in [4.78, 5) is 4.37. The zero-order chi connectivity index (χ0) is 12.0. The Morgan fingerprint density at radius 1 is 1.44 bits per heavy atom. The zero-order valence-electron chi connectivity index (χ0n) is 10.3. The molecule has 0 aliphatic heterocycles. The van der Waals surface area contributed by atoms with Crippen LogP contribution >= 0.6 is 27.3 Å². The second-order valence-electron chi connectivity index (χ2n) is 4.29. The molecule has 92 valence electrons. The standard InChI is InChI=1S/C12H21BrN2S/c1-4-5-6-7-9(2)15-10(3)12-14-8-11(13)16-12/h8-10,15H,4-7H2,1-3H3. The van der Waals surface area contributed by atoms with E-state index in [-0.39, 0.29) is 0 Å². The first-order valence-corrected chi connectivity index (χ1v) is 7.61. The summed E-state index contributed by atoms with van der Waals surface area (Å²) in [5.74, 6) is 0. The van der Waals surface area contributed by atoms with Crippen molar-refractivity contribution in [1.82, 2.24) is 10.3 Å². The van der Waals surface area contributed by atoms with E-state index in [0.717, 1.165) is 8.79 Å². The molecule has 0 spiro atoms. The minimum Gasteiger partial charge on any atom is -0.306 e. The van der Waals surface area contributed by atoms with Crippen molar-refractivity contribution in [2.24, 2.45) is 0 Å². The summed E-state index contributed by atoms with van der Waals surface area (Å²) in [7, 11) is 0. The van der Waals surface area contributed by atoms with Crippen molar-refractivity contribution in [3.8, 4) is 0 Å². The van der Waals surface area contributed by atoms with Gasteiger partial charge in [-0.25, -0.2) is 4.98 Å². The van der Waals surface area contributed by atoms with E-state index in [2.05, 4.69) is 47.0 Å². The zero-order valence-corrected chi connectivity index (χ0v) is 12.7. The number of hydrogen-bond acceptors (Lipinski definition) is 3. The van der Waals surface area contributed by atoms with Gasteiger partial charge in [0.15, 0.2) is 0 Å². The number of thiazole rings is 1. The lowest BCUT2D eigenvalue weighted by atomic mass is 10.1. The highest BCUT2D eigenvalue weighted by Gasteiger charge is 2.12. The molecule has 1 aromatic heterocycles. The molecule has 1 heterocycles. The summed E-state index contributed by atoms with van der Waals surface area (Å²) in [5, 5.41) is 4.76. The van der Waals surface area contributed by atoms with Gasteiger partial charge in [0.25, 0.3) is 0 Å². The van der Waals surface area contributed by atoms with Gasteiger partial charge in [0.1, 0.15) is 5.01 Å². The Labute approximate surface area is 111 Å². The molecule has 1 N–H and O–H groups in total. The second kappa shape index (κ2) is 7.41. The topological polar surface area (TPSA) is 24.9 Å². The Balaban J connectivity index is 2.30. The number of nitrogens with one attached hydrogen (secondary N) is 1. The van der Waals surface area contributed by atoms with E-state index >= 15 is 0 Å². The van der Waals surface area contributed by atoms with Crippen LogP contribution in [-0.2, 0) is 0 Å². The summed E-state index contributed by atoms with van der Waals surface area (Å²) in [6.07, 6.45) is 7.08. The van der Waals surface area contributed by atoms with Gasteiger partial charge in [-0.15, -0.1) is 11.3 Å². The molecule has 2 unspecified atom stereocenters. The highest BCUT2D eigenvalue weighted by atomic mass is 79.9. The number of nitrogens with zero attached hydrogens (tertiary/aromatic N) is 1. The minimum absolute atomic E-state index is 0.355. The Bertz CT molecular complexity index is 301. The Morgan fingerprint density at radius 2 is 2.19 bits per heavy atom. The van der Waals surface area contributed by atoms with Crippen LogP contribution in [0.3, 0.4) is 0 Å². The molecule has 0 amide bonds. The van der Waals surface area contributed by atoms with Gasteiger partial charge in [-0.05, 0) is 36.2 Å². The molecule has 1 aromatic rings. The smallest absolute Gasteiger partial charge is 0.110 e. The maximum absolute atomic E-state index is 4.37. The van der Waals surface area contributed by atoms with Crippen molar-refractivity contribution in [2.75, 3.05) is 0 Å². The van der Waals surface area contributed by atoms with Crippen LogP contribution < -0.4 is 5.32 Å². The molecule has 0 bridgehead atoms. The van der Waals surface area contributed by atoms with Crippen molar-refractivity contribution in [3.63, 3.8) is 0 Å². The van der Waals surface area contributed by atoms with Crippen molar-refractivity contribution in [2.45, 2.75) is 58.5 Å². The summed E-state index contributed by atoms with van der Waals surface area (Å²) in [6, 6.07) is 0.928. The molecular formula is C12H21BrN2S. The molecule has 4 heteroatoms. The van der Waals surface area contributed by atoms with E-state index in [0.29, 0.717) is 12.1 Å². The van der Waals surface area contributed by atoms with Crippen LogP contribution in [0.4, 0.5) is 0 Å². The first kappa shape index (κ1) is 14.1. The van der Waals surface area contributed by atoms with Crippen LogP contribution in [0.1, 0.15) is 57.5 Å². The molecule has 16 heavy (non-hydrogen) atoms. The predicted octanol–water partition coefficient (Wildman–Crippen LogP) is 4.53. The SMILES string of the molecule is CCCCCC(C)NC(C)c1ncc(Br)s1. The lowest BCUT2D eigenvalue weighted by Gasteiger charge is -2.18. The van der Waals surface area contributed by atoms with E-state index in [1.807, 2.05) is 6.20 Å². The molecule has 0 aliphatic carbocycles. The quantitative estimate of drug-likeness (QED) is 0.749. The van der Waals surface area contributed by atoms with Crippen molar-refractivity contribution < 1.29 is 0 Å². The number of aromatic nitrogens is 1. The normalized spacial score (nSPS) is 15.0. The van der Waals surface area contributed by atoms with E-state index < -0.39 is 0 Å². The maximum Gasteiger partial charge on any atom is 0.110 e. The summed E-state index contributed by atoms with van der Waals surface area (Å²) in [6.45, 7) is 6.68. The van der Waals surface area contributed by atoms with E-state index in [1.54, 1.807) is 11.3 Å². The van der Waals surface area contributed by atoms with Crippen LogP contribution in [0, 0.1) is 0 Å². The van der Waals surface area contributed by atoms with Crippen LogP contribution in [-0.4, -0.2) is 11.0 Å². The summed E-state index contributed by atoms with van der Waals surface area (Å²) in [5.41, 5.74) is 0. The van der Waals surface area contributed by atoms with Crippen molar-refractivity contribution in [1.29, 1.82) is 0 Å². The molecule has 0 saturated carbocycles.